The Morgan fingerprint density at radius 1 is 1.24 bits per heavy atom. The molecule has 0 aromatic heterocycles. The van der Waals surface area contributed by atoms with E-state index in [0.717, 1.165) is 19.4 Å². The van der Waals surface area contributed by atoms with Gasteiger partial charge in [0.1, 0.15) is 0 Å². The average Bonchev–Trinajstić information content (AvgIpc) is 2.42. The van der Waals surface area contributed by atoms with Gasteiger partial charge in [0.15, 0.2) is 0 Å². The van der Waals surface area contributed by atoms with Gasteiger partial charge in [0, 0.05) is 13.0 Å². The van der Waals surface area contributed by atoms with Crippen LogP contribution in [0.3, 0.4) is 0 Å². The van der Waals surface area contributed by atoms with Crippen LogP contribution >= 0.6 is 0 Å². The highest BCUT2D eigenvalue weighted by atomic mass is 16.5. The largest absolute Gasteiger partial charge is 0.374 e. The van der Waals surface area contributed by atoms with Crippen molar-refractivity contribution in [1.82, 2.24) is 0 Å². The van der Waals surface area contributed by atoms with Gasteiger partial charge < -0.3 is 4.74 Å². The Kier molecular flexibility index (Phi) is 16.6. The molecule has 0 aromatic rings. The second-order valence-corrected chi connectivity index (χ2v) is 3.25. The zero-order valence-electron chi connectivity index (χ0n) is 12.2. The summed E-state index contributed by atoms with van der Waals surface area (Å²) in [6, 6.07) is 0. The molecule has 0 aromatic carbocycles. The van der Waals surface area contributed by atoms with E-state index in [2.05, 4.69) is 39.0 Å². The Morgan fingerprint density at radius 2 is 1.82 bits per heavy atom. The highest BCUT2D eigenvalue weighted by Crippen LogP contribution is 2.18. The van der Waals surface area contributed by atoms with E-state index in [0.29, 0.717) is 0 Å². The van der Waals surface area contributed by atoms with E-state index < -0.39 is 0 Å². The summed E-state index contributed by atoms with van der Waals surface area (Å²) in [6.45, 7) is 14.5. The number of ether oxygens (including phenoxy) is 1. The summed E-state index contributed by atoms with van der Waals surface area (Å²) in [5.41, 5.74) is 1.37. The summed E-state index contributed by atoms with van der Waals surface area (Å²) in [6.07, 6.45) is 12.6. The third-order valence-corrected chi connectivity index (χ3v) is 2.12. The lowest BCUT2D eigenvalue weighted by Gasteiger charge is -2.19. The highest BCUT2D eigenvalue weighted by Gasteiger charge is 2.12. The Morgan fingerprint density at radius 3 is 2.24 bits per heavy atom. The molecule has 0 N–H and O–H groups in total. The van der Waals surface area contributed by atoms with Gasteiger partial charge in [0.25, 0.3) is 0 Å². The van der Waals surface area contributed by atoms with Gasteiger partial charge in [-0.15, -0.1) is 6.58 Å². The Labute approximate surface area is 108 Å². The van der Waals surface area contributed by atoms with E-state index in [1.807, 2.05) is 32.9 Å². The van der Waals surface area contributed by atoms with Crippen molar-refractivity contribution in [3.63, 3.8) is 0 Å². The van der Waals surface area contributed by atoms with Gasteiger partial charge in [0.2, 0.25) is 0 Å². The topological polar surface area (TPSA) is 9.23 Å². The lowest BCUT2D eigenvalue weighted by atomic mass is 9.99. The lowest BCUT2D eigenvalue weighted by molar-refractivity contribution is 0.110. The fourth-order valence-electron chi connectivity index (χ4n) is 1.22. The van der Waals surface area contributed by atoms with Crippen LogP contribution in [0.15, 0.2) is 36.5 Å². The van der Waals surface area contributed by atoms with Gasteiger partial charge >= 0.3 is 0 Å². The summed E-state index contributed by atoms with van der Waals surface area (Å²) >= 11 is 0. The average molecular weight is 237 g/mol. The predicted molar refractivity (Wildman–Crippen MR) is 79.1 cm³/mol. The molecular weight excluding hydrogens is 208 g/mol. The standard InChI is InChI=1S/C10H15O.C4H8.C2H6/c1-3-9-7-5-6-8-10(9)11-4-2;1-3-4-2;1-2/h5-8,10H,3-4H2,1-2H3;3H,1,4H2,2H3;1-2H3. The quantitative estimate of drug-likeness (QED) is 0.617. The lowest BCUT2D eigenvalue weighted by Crippen LogP contribution is -2.17. The molecule has 0 bridgehead atoms. The molecule has 1 rings (SSSR count). The zero-order chi connectivity index (χ0) is 13.5. The smallest absolute Gasteiger partial charge is 0.0857 e. The first-order valence-electron chi connectivity index (χ1n) is 6.73. The van der Waals surface area contributed by atoms with Crippen LogP contribution in [0.2, 0.25) is 0 Å². The molecule has 99 valence electrons. The van der Waals surface area contributed by atoms with Crippen molar-refractivity contribution in [2.45, 2.75) is 53.6 Å². The molecule has 1 aliphatic carbocycles. The second kappa shape index (κ2) is 15.2. The minimum atomic E-state index is 0.231. The molecule has 17 heavy (non-hydrogen) atoms. The maximum Gasteiger partial charge on any atom is 0.0857 e. The Balaban J connectivity index is 0. The fourth-order valence-corrected chi connectivity index (χ4v) is 1.22. The minimum absolute atomic E-state index is 0.231. The normalized spacial score (nSPS) is 17.0. The fraction of sp³-hybridized carbons (Fsp3) is 0.562. The summed E-state index contributed by atoms with van der Waals surface area (Å²) in [7, 11) is 0. The van der Waals surface area contributed by atoms with Crippen LogP contribution in [0.25, 0.3) is 0 Å². The molecule has 1 radical (unpaired) electrons. The van der Waals surface area contributed by atoms with Crippen molar-refractivity contribution in [2.75, 3.05) is 6.61 Å². The van der Waals surface area contributed by atoms with E-state index in [4.69, 9.17) is 4.74 Å². The number of rotatable bonds is 4. The molecule has 1 nitrogen and oxygen atoms in total. The first kappa shape index (κ1) is 18.5. The van der Waals surface area contributed by atoms with Crippen LogP contribution in [0.1, 0.15) is 47.5 Å². The molecule has 1 unspecified atom stereocenters. The molecule has 1 heteroatoms. The van der Waals surface area contributed by atoms with Gasteiger partial charge in [-0.3, -0.25) is 0 Å². The molecule has 1 aliphatic rings. The van der Waals surface area contributed by atoms with Crippen LogP contribution in [-0.2, 0) is 4.74 Å². The van der Waals surface area contributed by atoms with Crippen LogP contribution in [0.5, 0.6) is 0 Å². The minimum Gasteiger partial charge on any atom is -0.374 e. The molecule has 0 heterocycles. The third-order valence-electron chi connectivity index (χ3n) is 2.12. The van der Waals surface area contributed by atoms with Crippen LogP contribution in [-0.4, -0.2) is 12.7 Å². The molecule has 0 aliphatic heterocycles. The maximum absolute atomic E-state index is 5.51. The van der Waals surface area contributed by atoms with Crippen molar-refractivity contribution in [2.24, 2.45) is 0 Å². The second-order valence-electron chi connectivity index (χ2n) is 3.25. The van der Waals surface area contributed by atoms with Crippen molar-refractivity contribution >= 4 is 0 Å². The highest BCUT2D eigenvalue weighted by molar-refractivity contribution is 5.28. The summed E-state index contributed by atoms with van der Waals surface area (Å²) in [5, 5.41) is 0. The van der Waals surface area contributed by atoms with Crippen LogP contribution < -0.4 is 0 Å². The molecule has 0 saturated heterocycles. The molecule has 0 spiro atoms. The van der Waals surface area contributed by atoms with Gasteiger partial charge in [-0.05, 0) is 25.3 Å². The van der Waals surface area contributed by atoms with E-state index in [1.54, 1.807) is 0 Å². The first-order chi connectivity index (χ1) is 8.29. The SMILES string of the molecule is C=CCC.CC.CCOC1[CH]C=CC=C1CC. The van der Waals surface area contributed by atoms with E-state index in [9.17, 15) is 0 Å². The summed E-state index contributed by atoms with van der Waals surface area (Å²) in [4.78, 5) is 0. The molecule has 1 atom stereocenters. The summed E-state index contributed by atoms with van der Waals surface area (Å²) < 4.78 is 5.51. The van der Waals surface area contributed by atoms with Gasteiger partial charge in [-0.25, -0.2) is 0 Å². The first-order valence-corrected chi connectivity index (χ1v) is 6.73. The van der Waals surface area contributed by atoms with Gasteiger partial charge in [0.05, 0.1) is 6.10 Å². The van der Waals surface area contributed by atoms with Crippen molar-refractivity contribution in [1.29, 1.82) is 0 Å². The van der Waals surface area contributed by atoms with E-state index in [1.165, 1.54) is 5.57 Å². The van der Waals surface area contributed by atoms with Crippen molar-refractivity contribution < 1.29 is 4.74 Å². The zero-order valence-corrected chi connectivity index (χ0v) is 12.2. The predicted octanol–water partition coefficient (Wildman–Crippen LogP) is 5.11. The number of hydrogen-bond acceptors (Lipinski definition) is 1. The monoisotopic (exact) mass is 237 g/mol. The molecule has 0 fully saturated rings. The summed E-state index contributed by atoms with van der Waals surface area (Å²) in [5.74, 6) is 0. The van der Waals surface area contributed by atoms with Crippen LogP contribution in [0, 0.1) is 6.42 Å². The van der Waals surface area contributed by atoms with E-state index in [-0.39, 0.29) is 6.10 Å². The van der Waals surface area contributed by atoms with Crippen LogP contribution in [0.4, 0.5) is 0 Å². The van der Waals surface area contributed by atoms with Gasteiger partial charge in [-0.1, -0.05) is 52.0 Å². The van der Waals surface area contributed by atoms with Crippen molar-refractivity contribution in [3.8, 4) is 0 Å². The van der Waals surface area contributed by atoms with E-state index >= 15 is 0 Å². The number of allylic oxidation sites excluding steroid dienone is 3. The van der Waals surface area contributed by atoms with Crippen molar-refractivity contribution in [3.05, 3.63) is 42.9 Å². The number of hydrogen-bond donors (Lipinski definition) is 0. The molecule has 0 saturated carbocycles. The third kappa shape index (κ3) is 10.1. The molecular formula is C16H29O. The molecule has 0 amide bonds. The Bertz CT molecular complexity index is 214. The van der Waals surface area contributed by atoms with Gasteiger partial charge in [-0.2, -0.15) is 0 Å². The Hall–Kier alpha value is -0.820. The maximum atomic E-state index is 5.51.